The summed E-state index contributed by atoms with van der Waals surface area (Å²) in [5, 5.41) is 1.26. The second-order valence-electron chi connectivity index (χ2n) is 4.73. The van der Waals surface area contributed by atoms with Crippen molar-refractivity contribution in [1.82, 2.24) is 4.57 Å². The lowest BCUT2D eigenvalue weighted by Crippen LogP contribution is -2.08. The second kappa shape index (κ2) is 3.21. The Morgan fingerprint density at radius 1 is 1.19 bits per heavy atom. The van der Waals surface area contributed by atoms with E-state index >= 15 is 0 Å². The zero-order valence-corrected chi connectivity index (χ0v) is 9.66. The van der Waals surface area contributed by atoms with Crippen LogP contribution in [-0.4, -0.2) is 10.4 Å². The summed E-state index contributed by atoms with van der Waals surface area (Å²) in [4.78, 5) is 11.9. The van der Waals surface area contributed by atoms with Crippen LogP contribution in [0.5, 0.6) is 0 Å². The minimum atomic E-state index is 0.305. The first kappa shape index (κ1) is 9.64. The van der Waals surface area contributed by atoms with Gasteiger partial charge in [0.1, 0.15) is 0 Å². The Labute approximate surface area is 94.9 Å². The van der Waals surface area contributed by atoms with Crippen LogP contribution in [0, 0.1) is 0 Å². The molecule has 16 heavy (non-hydrogen) atoms. The predicted molar refractivity (Wildman–Crippen MR) is 65.0 cm³/mol. The first-order chi connectivity index (χ1) is 7.70. The Kier molecular flexibility index (Phi) is 1.93. The summed E-state index contributed by atoms with van der Waals surface area (Å²) in [6.07, 6.45) is 1.59. The zero-order chi connectivity index (χ0) is 11.3. The quantitative estimate of drug-likeness (QED) is 0.712. The number of aromatic nitrogens is 1. The largest absolute Gasteiger partial charge is 0.335 e. The molecule has 0 aliphatic heterocycles. The van der Waals surface area contributed by atoms with Gasteiger partial charge in [0.2, 0.25) is 0 Å². The van der Waals surface area contributed by atoms with Crippen LogP contribution in [-0.2, 0) is 6.42 Å². The molecule has 0 radical (unpaired) electrons. The molecule has 0 N–H and O–H groups in total. The van der Waals surface area contributed by atoms with E-state index in [0.29, 0.717) is 18.2 Å². The fourth-order valence-electron chi connectivity index (χ4n) is 2.78. The second-order valence-corrected chi connectivity index (χ2v) is 4.73. The van der Waals surface area contributed by atoms with Gasteiger partial charge in [0, 0.05) is 23.4 Å². The number of fused-ring (bicyclic) bond motifs is 3. The average Bonchev–Trinajstić information content (AvgIpc) is 2.77. The number of nitrogens with zero attached hydrogens (tertiary/aromatic N) is 1. The molecule has 0 bridgehead atoms. The lowest BCUT2D eigenvalue weighted by atomic mass is 10.1. The predicted octanol–water partition coefficient (Wildman–Crippen LogP) is 3.35. The third-order valence-corrected chi connectivity index (χ3v) is 3.40. The van der Waals surface area contributed by atoms with E-state index in [0.717, 1.165) is 12.1 Å². The van der Waals surface area contributed by atoms with Crippen molar-refractivity contribution in [3.8, 4) is 0 Å². The summed E-state index contributed by atoms with van der Waals surface area (Å²) in [5.74, 6) is 0.305. The van der Waals surface area contributed by atoms with Gasteiger partial charge in [-0.25, -0.2) is 0 Å². The first-order valence-electron chi connectivity index (χ1n) is 5.85. The number of benzene rings is 1. The van der Waals surface area contributed by atoms with Crippen LogP contribution in [0.15, 0.2) is 24.3 Å². The number of aryl methyl sites for hydroxylation is 1. The van der Waals surface area contributed by atoms with E-state index in [1.165, 1.54) is 16.5 Å². The Hall–Kier alpha value is -1.57. The maximum atomic E-state index is 11.9. The number of Topliss-reactive ketones (excluding diaryl/α,β-unsaturated/α-hetero) is 1. The Morgan fingerprint density at radius 2 is 1.94 bits per heavy atom. The van der Waals surface area contributed by atoms with Crippen molar-refractivity contribution in [2.75, 3.05) is 0 Å². The number of para-hydroxylation sites is 1. The van der Waals surface area contributed by atoms with Crippen molar-refractivity contribution in [3.05, 3.63) is 35.5 Å². The summed E-state index contributed by atoms with van der Waals surface area (Å²) in [7, 11) is 0. The third-order valence-electron chi connectivity index (χ3n) is 3.40. The van der Waals surface area contributed by atoms with Crippen LogP contribution in [0.1, 0.15) is 42.4 Å². The van der Waals surface area contributed by atoms with Crippen molar-refractivity contribution in [3.63, 3.8) is 0 Å². The highest BCUT2D eigenvalue weighted by Crippen LogP contribution is 2.34. The molecule has 0 unspecified atom stereocenters. The number of carbonyl (C=O) groups excluding carboxylic acids is 1. The van der Waals surface area contributed by atoms with Gasteiger partial charge in [0.05, 0.1) is 5.69 Å². The van der Waals surface area contributed by atoms with Crippen LogP contribution >= 0.6 is 0 Å². The minimum Gasteiger partial charge on any atom is -0.335 e. The van der Waals surface area contributed by atoms with Gasteiger partial charge < -0.3 is 4.57 Å². The van der Waals surface area contributed by atoms with Crippen LogP contribution in [0.2, 0.25) is 0 Å². The fourth-order valence-corrected chi connectivity index (χ4v) is 2.78. The average molecular weight is 213 g/mol. The summed E-state index contributed by atoms with van der Waals surface area (Å²) in [5.41, 5.74) is 3.42. The standard InChI is InChI=1S/C14H15NO/c1-9(2)15-12-6-4-3-5-10(12)11-7-8-13(16)14(11)15/h3-6,9H,7-8H2,1-2H3. The monoisotopic (exact) mass is 213 g/mol. The molecule has 0 spiro atoms. The van der Waals surface area contributed by atoms with Gasteiger partial charge in [-0.05, 0) is 31.9 Å². The van der Waals surface area contributed by atoms with Crippen LogP contribution < -0.4 is 0 Å². The third kappa shape index (κ3) is 1.10. The molecule has 2 nitrogen and oxygen atoms in total. The molecule has 0 amide bonds. The number of hydrogen-bond donors (Lipinski definition) is 0. The lowest BCUT2D eigenvalue weighted by molar-refractivity contribution is 0.0985. The fraction of sp³-hybridized carbons (Fsp3) is 0.357. The molecule has 1 aliphatic carbocycles. The topological polar surface area (TPSA) is 22.0 Å². The van der Waals surface area contributed by atoms with E-state index in [-0.39, 0.29) is 0 Å². The van der Waals surface area contributed by atoms with Crippen LogP contribution in [0.3, 0.4) is 0 Å². The van der Waals surface area contributed by atoms with Crippen molar-refractivity contribution < 1.29 is 4.79 Å². The van der Waals surface area contributed by atoms with Gasteiger partial charge in [0.25, 0.3) is 0 Å². The summed E-state index contributed by atoms with van der Waals surface area (Å²) in [6, 6.07) is 8.68. The Balaban J connectivity index is 2.46. The molecular weight excluding hydrogens is 198 g/mol. The molecule has 1 aromatic heterocycles. The lowest BCUT2D eigenvalue weighted by Gasteiger charge is -2.12. The highest BCUT2D eigenvalue weighted by molar-refractivity contribution is 6.06. The van der Waals surface area contributed by atoms with E-state index in [2.05, 4.69) is 36.6 Å². The van der Waals surface area contributed by atoms with Gasteiger partial charge in [-0.1, -0.05) is 18.2 Å². The molecule has 2 heteroatoms. The molecule has 1 heterocycles. The van der Waals surface area contributed by atoms with Gasteiger partial charge in [-0.2, -0.15) is 0 Å². The number of carbonyl (C=O) groups is 1. The molecule has 0 saturated carbocycles. The SMILES string of the molecule is CC(C)n1c2c(c3ccccc31)CCC2=O. The van der Waals surface area contributed by atoms with Gasteiger partial charge >= 0.3 is 0 Å². The molecule has 0 fully saturated rings. The van der Waals surface area contributed by atoms with Crippen molar-refractivity contribution in [1.29, 1.82) is 0 Å². The maximum absolute atomic E-state index is 11.9. The molecule has 82 valence electrons. The highest BCUT2D eigenvalue weighted by Gasteiger charge is 2.28. The van der Waals surface area contributed by atoms with Gasteiger partial charge in [-0.15, -0.1) is 0 Å². The van der Waals surface area contributed by atoms with Crippen molar-refractivity contribution in [2.24, 2.45) is 0 Å². The Morgan fingerprint density at radius 3 is 2.69 bits per heavy atom. The Bertz CT molecular complexity index is 578. The van der Waals surface area contributed by atoms with Gasteiger partial charge in [0.15, 0.2) is 5.78 Å². The summed E-state index contributed by atoms with van der Waals surface area (Å²) >= 11 is 0. The van der Waals surface area contributed by atoms with Crippen molar-refractivity contribution >= 4 is 16.7 Å². The van der Waals surface area contributed by atoms with Crippen molar-refractivity contribution in [2.45, 2.75) is 32.7 Å². The van der Waals surface area contributed by atoms with E-state index in [9.17, 15) is 4.79 Å². The van der Waals surface area contributed by atoms with Crippen LogP contribution in [0.4, 0.5) is 0 Å². The molecular formula is C14H15NO. The first-order valence-corrected chi connectivity index (χ1v) is 5.85. The smallest absolute Gasteiger partial charge is 0.179 e. The maximum Gasteiger partial charge on any atom is 0.179 e. The number of ketones is 1. The number of hydrogen-bond acceptors (Lipinski definition) is 1. The normalized spacial score (nSPS) is 15.1. The van der Waals surface area contributed by atoms with E-state index in [1.54, 1.807) is 0 Å². The molecule has 2 aromatic rings. The summed E-state index contributed by atoms with van der Waals surface area (Å²) < 4.78 is 2.19. The molecule has 0 saturated heterocycles. The molecule has 1 aliphatic rings. The number of rotatable bonds is 1. The van der Waals surface area contributed by atoms with Gasteiger partial charge in [-0.3, -0.25) is 4.79 Å². The zero-order valence-electron chi connectivity index (χ0n) is 9.66. The van der Waals surface area contributed by atoms with E-state index in [4.69, 9.17) is 0 Å². The van der Waals surface area contributed by atoms with Crippen LogP contribution in [0.25, 0.3) is 10.9 Å². The highest BCUT2D eigenvalue weighted by atomic mass is 16.1. The molecule has 1 aromatic carbocycles. The summed E-state index contributed by atoms with van der Waals surface area (Å²) in [6.45, 7) is 4.27. The molecule has 3 rings (SSSR count). The van der Waals surface area contributed by atoms with E-state index < -0.39 is 0 Å². The molecule has 0 atom stereocenters. The van der Waals surface area contributed by atoms with E-state index in [1.807, 2.05) is 6.07 Å². The minimum absolute atomic E-state index is 0.305.